The van der Waals surface area contributed by atoms with E-state index in [1.165, 1.54) is 10.4 Å². The van der Waals surface area contributed by atoms with Gasteiger partial charge in [0.05, 0.1) is 12.6 Å². The number of thiophene rings is 1. The van der Waals surface area contributed by atoms with Crippen molar-refractivity contribution < 1.29 is 9.90 Å². The first-order valence-corrected chi connectivity index (χ1v) is 8.74. The van der Waals surface area contributed by atoms with E-state index in [1.807, 2.05) is 11.9 Å². The van der Waals surface area contributed by atoms with Crippen LogP contribution in [0.25, 0.3) is 0 Å². The second kappa shape index (κ2) is 6.46. The van der Waals surface area contributed by atoms with Crippen LogP contribution in [0, 0.1) is 0 Å². The molecule has 21 heavy (non-hydrogen) atoms. The van der Waals surface area contributed by atoms with Crippen LogP contribution < -0.4 is 0 Å². The van der Waals surface area contributed by atoms with Gasteiger partial charge in [0.25, 0.3) is 0 Å². The molecule has 1 N–H and O–H groups in total. The molecule has 4 nitrogen and oxygen atoms in total. The maximum atomic E-state index is 12.5. The Hall–Kier alpha value is -0.910. The summed E-state index contributed by atoms with van der Waals surface area (Å²) in [7, 11) is 1.97. The predicted molar refractivity (Wildman–Crippen MR) is 84.3 cm³/mol. The Morgan fingerprint density at radius 2 is 2.29 bits per heavy atom. The molecule has 0 aromatic carbocycles. The lowest BCUT2D eigenvalue weighted by atomic mass is 9.91. The minimum Gasteiger partial charge on any atom is -0.391 e. The summed E-state index contributed by atoms with van der Waals surface area (Å²) in [5, 5.41) is 12.2. The third-order valence-electron chi connectivity index (χ3n) is 4.81. The number of hydrogen-bond acceptors (Lipinski definition) is 4. The lowest BCUT2D eigenvalue weighted by molar-refractivity contribution is -0.134. The monoisotopic (exact) mass is 308 g/mol. The summed E-state index contributed by atoms with van der Waals surface area (Å²) in [4.78, 5) is 17.9. The van der Waals surface area contributed by atoms with Crippen molar-refractivity contribution in [3.05, 3.63) is 21.9 Å². The number of hydrogen-bond donors (Lipinski definition) is 1. The molecule has 1 aromatic rings. The summed E-state index contributed by atoms with van der Waals surface area (Å²) in [5.41, 5.74) is 1.31. The maximum Gasteiger partial charge on any atom is 0.237 e. The van der Waals surface area contributed by atoms with Crippen LogP contribution in [0.3, 0.4) is 0 Å². The molecule has 2 unspecified atom stereocenters. The van der Waals surface area contributed by atoms with E-state index in [1.54, 1.807) is 11.3 Å². The van der Waals surface area contributed by atoms with Gasteiger partial charge in [0.15, 0.2) is 0 Å². The van der Waals surface area contributed by atoms with Crippen LogP contribution in [0.2, 0.25) is 0 Å². The molecule has 2 aliphatic rings. The van der Waals surface area contributed by atoms with E-state index in [-0.39, 0.29) is 18.1 Å². The molecule has 2 heterocycles. The van der Waals surface area contributed by atoms with Crippen LogP contribution in [0.4, 0.5) is 0 Å². The zero-order valence-corrected chi connectivity index (χ0v) is 13.4. The molecule has 1 fully saturated rings. The quantitative estimate of drug-likeness (QED) is 0.927. The largest absolute Gasteiger partial charge is 0.391 e. The fraction of sp³-hybridized carbons (Fsp3) is 0.688. The second-order valence-corrected chi connectivity index (χ2v) is 7.27. The molecule has 0 bridgehead atoms. The molecule has 1 aliphatic carbocycles. The van der Waals surface area contributed by atoms with Crippen LogP contribution in [0.1, 0.15) is 36.1 Å². The van der Waals surface area contributed by atoms with Gasteiger partial charge in [0.1, 0.15) is 0 Å². The number of rotatable bonds is 3. The topological polar surface area (TPSA) is 43.8 Å². The van der Waals surface area contributed by atoms with Crippen molar-refractivity contribution in [2.24, 2.45) is 0 Å². The molecular formula is C16H24N2O2S. The third-order valence-corrected chi connectivity index (χ3v) is 5.83. The highest BCUT2D eigenvalue weighted by atomic mass is 32.1. The highest BCUT2D eigenvalue weighted by Gasteiger charge is 2.29. The molecule has 116 valence electrons. The van der Waals surface area contributed by atoms with Crippen molar-refractivity contribution in [1.29, 1.82) is 0 Å². The van der Waals surface area contributed by atoms with Crippen molar-refractivity contribution >= 4 is 17.2 Å². The lowest BCUT2D eigenvalue weighted by Crippen LogP contribution is -2.48. The number of fused-ring (bicyclic) bond motifs is 1. The molecule has 2 atom stereocenters. The van der Waals surface area contributed by atoms with Crippen molar-refractivity contribution in [3.63, 3.8) is 0 Å². The van der Waals surface area contributed by atoms with Gasteiger partial charge in [-0.3, -0.25) is 9.69 Å². The Balaban J connectivity index is 1.56. The molecule has 1 saturated carbocycles. The molecule has 1 amide bonds. The van der Waals surface area contributed by atoms with E-state index < -0.39 is 0 Å². The van der Waals surface area contributed by atoms with Gasteiger partial charge in [0.2, 0.25) is 5.91 Å². The van der Waals surface area contributed by atoms with E-state index in [0.29, 0.717) is 6.54 Å². The summed E-state index contributed by atoms with van der Waals surface area (Å²) < 4.78 is 0. The van der Waals surface area contributed by atoms with Gasteiger partial charge in [-0.25, -0.2) is 0 Å². The van der Waals surface area contributed by atoms with Gasteiger partial charge in [-0.2, -0.15) is 0 Å². The molecule has 3 rings (SSSR count). The predicted octanol–water partition coefficient (Wildman–Crippen LogP) is 1.87. The van der Waals surface area contributed by atoms with Gasteiger partial charge in [-0.05, 0) is 43.3 Å². The average Bonchev–Trinajstić information content (AvgIpc) is 2.94. The fourth-order valence-corrected chi connectivity index (χ4v) is 4.39. The first-order chi connectivity index (χ1) is 10.1. The fourth-order valence-electron chi connectivity index (χ4n) is 3.50. The standard InChI is InChI=1S/C16H24N2O2S/c1-17(13-4-2-3-5-14(13)19)11-16(20)18-8-6-15-12(10-18)7-9-21-15/h7,9,13-14,19H,2-6,8,10-11H2,1H3. The van der Waals surface area contributed by atoms with E-state index in [4.69, 9.17) is 0 Å². The van der Waals surface area contributed by atoms with Crippen LogP contribution in [0.5, 0.6) is 0 Å². The Kier molecular flexibility index (Phi) is 4.62. The molecule has 1 aliphatic heterocycles. The van der Waals surface area contributed by atoms with Crippen molar-refractivity contribution in [2.75, 3.05) is 20.1 Å². The van der Waals surface area contributed by atoms with Gasteiger partial charge >= 0.3 is 0 Å². The number of likely N-dealkylation sites (N-methyl/N-ethyl adjacent to an activating group) is 1. The zero-order valence-electron chi connectivity index (χ0n) is 12.6. The normalized spacial score (nSPS) is 26.0. The van der Waals surface area contributed by atoms with E-state index in [9.17, 15) is 9.90 Å². The summed E-state index contributed by atoms with van der Waals surface area (Å²) in [5.74, 6) is 0.187. The maximum absolute atomic E-state index is 12.5. The van der Waals surface area contributed by atoms with Crippen molar-refractivity contribution in [3.8, 4) is 0 Å². The zero-order chi connectivity index (χ0) is 14.8. The molecule has 1 aromatic heterocycles. The molecule has 0 saturated heterocycles. The molecule has 0 spiro atoms. The highest BCUT2D eigenvalue weighted by molar-refractivity contribution is 7.10. The summed E-state index contributed by atoms with van der Waals surface area (Å²) >= 11 is 1.79. The third kappa shape index (κ3) is 3.30. The summed E-state index contributed by atoms with van der Waals surface area (Å²) in [6.45, 7) is 1.99. The van der Waals surface area contributed by atoms with Gasteiger partial charge in [-0.1, -0.05) is 12.8 Å². The number of aliphatic hydroxyl groups is 1. The second-order valence-electron chi connectivity index (χ2n) is 6.27. The number of nitrogens with zero attached hydrogens (tertiary/aromatic N) is 2. The minimum absolute atomic E-state index is 0.143. The van der Waals surface area contributed by atoms with Crippen LogP contribution >= 0.6 is 11.3 Å². The first kappa shape index (κ1) is 15.0. The smallest absolute Gasteiger partial charge is 0.237 e. The van der Waals surface area contributed by atoms with Gasteiger partial charge < -0.3 is 10.0 Å². The van der Waals surface area contributed by atoms with Crippen molar-refractivity contribution in [2.45, 2.75) is 50.8 Å². The van der Waals surface area contributed by atoms with Crippen LogP contribution in [-0.2, 0) is 17.8 Å². The molecular weight excluding hydrogens is 284 g/mol. The Bertz CT molecular complexity index is 502. The first-order valence-electron chi connectivity index (χ1n) is 7.86. The SMILES string of the molecule is CN(CC(=O)N1CCc2sccc2C1)C1CCCCC1O. The number of amides is 1. The van der Waals surface area contributed by atoms with E-state index in [2.05, 4.69) is 16.3 Å². The van der Waals surface area contributed by atoms with Gasteiger partial charge in [-0.15, -0.1) is 11.3 Å². The molecule has 0 radical (unpaired) electrons. The summed E-state index contributed by atoms with van der Waals surface area (Å²) in [6.07, 6.45) is 4.83. The Morgan fingerprint density at radius 1 is 1.48 bits per heavy atom. The summed E-state index contributed by atoms with van der Waals surface area (Å²) in [6, 6.07) is 2.28. The number of aliphatic hydroxyl groups excluding tert-OH is 1. The number of carbonyl (C=O) groups is 1. The Morgan fingerprint density at radius 3 is 3.10 bits per heavy atom. The average molecular weight is 308 g/mol. The van der Waals surface area contributed by atoms with Crippen LogP contribution in [-0.4, -0.2) is 53.1 Å². The Labute approximate surface area is 130 Å². The van der Waals surface area contributed by atoms with Crippen LogP contribution in [0.15, 0.2) is 11.4 Å². The van der Waals surface area contributed by atoms with Crippen molar-refractivity contribution in [1.82, 2.24) is 9.80 Å². The van der Waals surface area contributed by atoms with Gasteiger partial charge in [0, 0.05) is 24.0 Å². The van der Waals surface area contributed by atoms with E-state index in [0.717, 1.165) is 45.2 Å². The molecule has 5 heteroatoms. The van der Waals surface area contributed by atoms with E-state index >= 15 is 0 Å². The minimum atomic E-state index is -0.276. The highest BCUT2D eigenvalue weighted by Crippen LogP contribution is 2.25. The lowest BCUT2D eigenvalue weighted by Gasteiger charge is -2.36. The number of carbonyl (C=O) groups excluding carboxylic acids is 1.